The van der Waals surface area contributed by atoms with Crippen molar-refractivity contribution in [3.8, 4) is 0 Å². The molecule has 1 heterocycles. The molecule has 0 unspecified atom stereocenters. The predicted octanol–water partition coefficient (Wildman–Crippen LogP) is 4.54. The van der Waals surface area contributed by atoms with Crippen LogP contribution in [0.5, 0.6) is 0 Å². The van der Waals surface area contributed by atoms with Crippen LogP contribution in [0.1, 0.15) is 0 Å². The first-order chi connectivity index (χ1) is 8.33. The first-order valence-electron chi connectivity index (χ1n) is 6.07. The van der Waals surface area contributed by atoms with Crippen LogP contribution in [0, 0.1) is 11.9 Å². The van der Waals surface area contributed by atoms with Crippen molar-refractivity contribution < 1.29 is 21.7 Å². The maximum atomic E-state index is 13.3. The molecule has 6 heteroatoms. The predicted molar refractivity (Wildman–Crippen MR) is 78.1 cm³/mol. The van der Waals surface area contributed by atoms with E-state index in [2.05, 4.69) is 36.5 Å². The SMILES string of the molecule is C[Si]1(C)CC[Si](C)(C)N1c1cc[c-]c(F)c1.[Cl][Zn+]. The van der Waals surface area contributed by atoms with Gasteiger partial charge in [-0.1, -0.05) is 31.9 Å². The van der Waals surface area contributed by atoms with Crippen molar-refractivity contribution in [1.29, 1.82) is 0 Å². The molecule has 0 amide bonds. The van der Waals surface area contributed by atoms with Crippen molar-refractivity contribution in [2.45, 2.75) is 38.3 Å². The average molecular weight is 353 g/mol. The number of nitrogens with zero attached hydrogens (tertiary/aromatic N) is 1. The van der Waals surface area contributed by atoms with E-state index in [0.717, 1.165) is 23.0 Å². The normalized spacial score (nSPS) is 20.3. The molecule has 0 atom stereocenters. The van der Waals surface area contributed by atoms with Crippen LogP contribution >= 0.6 is 9.69 Å². The van der Waals surface area contributed by atoms with Gasteiger partial charge in [-0.3, -0.25) is 0 Å². The minimum atomic E-state index is -1.35. The summed E-state index contributed by atoms with van der Waals surface area (Å²) in [6.45, 7) is 9.57. The first-order valence-corrected chi connectivity index (χ1v) is 16.3. The Hall–Kier alpha value is 0.297. The molecule has 1 aromatic carbocycles. The van der Waals surface area contributed by atoms with Crippen molar-refractivity contribution in [2.24, 2.45) is 0 Å². The second-order valence-electron chi connectivity index (χ2n) is 5.86. The Bertz CT molecular complexity index is 399. The second-order valence-corrected chi connectivity index (χ2v) is 15.4. The molecule has 1 nitrogen and oxygen atoms in total. The van der Waals surface area contributed by atoms with Gasteiger partial charge < -0.3 is 4.23 Å². The molecule has 0 bridgehead atoms. The Morgan fingerprint density at radius 2 is 1.72 bits per heavy atom. The third-order valence-corrected chi connectivity index (χ3v) is 13.6. The van der Waals surface area contributed by atoms with Gasteiger partial charge in [-0.2, -0.15) is 6.07 Å². The molecule has 96 valence electrons. The average Bonchev–Trinajstić information content (AvgIpc) is 2.51. The third-order valence-electron chi connectivity index (χ3n) is 3.57. The molecule has 0 aliphatic carbocycles. The molecule has 0 radical (unpaired) electrons. The molecule has 0 saturated carbocycles. The Labute approximate surface area is 126 Å². The van der Waals surface area contributed by atoms with E-state index >= 15 is 0 Å². The molecule has 1 aromatic rings. The molecule has 1 aliphatic rings. The zero-order valence-electron chi connectivity index (χ0n) is 11.6. The van der Waals surface area contributed by atoms with Gasteiger partial charge in [-0.25, -0.2) is 4.39 Å². The quantitative estimate of drug-likeness (QED) is 0.529. The van der Waals surface area contributed by atoms with Crippen molar-refractivity contribution in [3.05, 3.63) is 30.1 Å². The fraction of sp³-hybridized carbons (Fsp3) is 0.500. The Morgan fingerprint density at radius 1 is 1.22 bits per heavy atom. The second kappa shape index (κ2) is 6.17. The Balaban J connectivity index is 0.000000771. The Kier molecular flexibility index (Phi) is 5.60. The molecular weight excluding hydrogens is 334 g/mol. The fourth-order valence-electron chi connectivity index (χ4n) is 2.92. The zero-order chi connectivity index (χ0) is 14.0. The fourth-order valence-corrected chi connectivity index (χ4v) is 17.2. The Morgan fingerprint density at radius 3 is 2.17 bits per heavy atom. The summed E-state index contributed by atoms with van der Waals surface area (Å²) in [6, 6.07) is 10.6. The summed E-state index contributed by atoms with van der Waals surface area (Å²) in [6.07, 6.45) is 0. The van der Waals surface area contributed by atoms with Crippen LogP contribution in [0.2, 0.25) is 38.3 Å². The van der Waals surface area contributed by atoms with Crippen molar-refractivity contribution in [2.75, 3.05) is 4.23 Å². The van der Waals surface area contributed by atoms with Gasteiger partial charge in [-0.05, 0) is 12.1 Å². The molecule has 0 aromatic heterocycles. The molecule has 0 spiro atoms. The van der Waals surface area contributed by atoms with Crippen LogP contribution in [0.25, 0.3) is 0 Å². The molecule has 0 N–H and O–H groups in total. The number of rotatable bonds is 1. The molecule has 1 fully saturated rings. The van der Waals surface area contributed by atoms with Crippen molar-refractivity contribution in [1.82, 2.24) is 0 Å². The number of halogens is 2. The van der Waals surface area contributed by atoms with Crippen LogP contribution in [-0.4, -0.2) is 16.5 Å². The van der Waals surface area contributed by atoms with Crippen molar-refractivity contribution in [3.63, 3.8) is 0 Å². The van der Waals surface area contributed by atoms with Crippen LogP contribution in [0.15, 0.2) is 18.2 Å². The van der Waals surface area contributed by atoms with E-state index in [0.29, 0.717) is 0 Å². The van der Waals surface area contributed by atoms with E-state index in [9.17, 15) is 4.39 Å². The van der Waals surface area contributed by atoms with E-state index in [-0.39, 0.29) is 5.82 Å². The number of anilines is 1. The van der Waals surface area contributed by atoms with Crippen LogP contribution in [0.3, 0.4) is 0 Å². The molecule has 1 aliphatic heterocycles. The summed E-state index contributed by atoms with van der Waals surface area (Å²) in [5.41, 5.74) is 1.09. The number of hydrogen-bond acceptors (Lipinski definition) is 1. The van der Waals surface area contributed by atoms with Gasteiger partial charge in [0.05, 0.1) is 0 Å². The van der Waals surface area contributed by atoms with Crippen molar-refractivity contribution >= 4 is 31.8 Å². The number of hydrogen-bond donors (Lipinski definition) is 0. The molecule has 18 heavy (non-hydrogen) atoms. The van der Waals surface area contributed by atoms with E-state index < -0.39 is 16.5 Å². The van der Waals surface area contributed by atoms with Gasteiger partial charge in [-0.15, -0.1) is 18.2 Å². The summed E-state index contributed by atoms with van der Waals surface area (Å²) in [5.74, 6) is -0.237. The summed E-state index contributed by atoms with van der Waals surface area (Å²) < 4.78 is 15.9. The number of benzene rings is 1. The van der Waals surface area contributed by atoms with Gasteiger partial charge >= 0.3 is 27.0 Å². The topological polar surface area (TPSA) is 3.24 Å². The minimum absolute atomic E-state index is 0.237. The van der Waals surface area contributed by atoms with Gasteiger partial charge in [0, 0.05) is 5.82 Å². The summed E-state index contributed by atoms with van der Waals surface area (Å²) in [5, 5.41) is 0. The maximum absolute atomic E-state index is 13.3. The van der Waals surface area contributed by atoms with Gasteiger partial charge in [0.15, 0.2) is 0 Å². The summed E-state index contributed by atoms with van der Waals surface area (Å²) in [4.78, 5) is 0. The van der Waals surface area contributed by atoms with E-state index in [4.69, 9.17) is 9.69 Å². The van der Waals surface area contributed by atoms with Crippen LogP contribution in [0.4, 0.5) is 10.1 Å². The summed E-state index contributed by atoms with van der Waals surface area (Å²) in [7, 11) is 2.06. The third kappa shape index (κ3) is 3.44. The first kappa shape index (κ1) is 16.4. The zero-order valence-corrected chi connectivity index (χ0v) is 17.3. The standard InChI is InChI=1S/C12H19FNSi2.ClH.Zn/c1-15(2)8-9-16(3,4)14(15)12-7-5-6-11(13)10-12;;/h5,7,10H,8-9H2,1-4H3;1H;/q-1;;+2/p-1. The van der Waals surface area contributed by atoms with Crippen LogP contribution in [-0.2, 0) is 17.3 Å². The van der Waals surface area contributed by atoms with E-state index in [1.54, 1.807) is 12.1 Å². The molecule has 2 rings (SSSR count). The van der Waals surface area contributed by atoms with Gasteiger partial charge in [0.25, 0.3) is 0 Å². The van der Waals surface area contributed by atoms with Crippen LogP contribution < -0.4 is 4.23 Å². The van der Waals surface area contributed by atoms with Gasteiger partial charge in [0.1, 0.15) is 16.5 Å². The van der Waals surface area contributed by atoms with Gasteiger partial charge in [0.2, 0.25) is 0 Å². The van der Waals surface area contributed by atoms with E-state index in [1.807, 2.05) is 6.07 Å². The molecular formula is C12H19ClFNSi2Zn. The summed E-state index contributed by atoms with van der Waals surface area (Å²) >= 11 is 0.847. The van der Waals surface area contributed by atoms with E-state index in [1.165, 1.54) is 12.1 Å². The molecule has 1 saturated heterocycles. The monoisotopic (exact) mass is 351 g/mol.